The lowest BCUT2D eigenvalue weighted by molar-refractivity contribution is 0.146. The molecule has 2 fully saturated rings. The molecule has 0 amide bonds. The molecule has 0 bridgehead atoms. The number of benzene rings is 2. The minimum absolute atomic E-state index is 0.151. The van der Waals surface area contributed by atoms with Crippen molar-refractivity contribution >= 4 is 17.5 Å². The summed E-state index contributed by atoms with van der Waals surface area (Å²) in [5.74, 6) is 1.76. The van der Waals surface area contributed by atoms with Crippen LogP contribution in [0.3, 0.4) is 0 Å². The molecule has 208 valence electrons. The van der Waals surface area contributed by atoms with Gasteiger partial charge in [-0.15, -0.1) is 0 Å². The second-order valence-corrected chi connectivity index (χ2v) is 11.6. The number of hydrogen-bond acceptors (Lipinski definition) is 7. The highest BCUT2D eigenvalue weighted by Crippen LogP contribution is 2.35. The number of likely N-dealkylation sites (tertiary alicyclic amines) is 1. The smallest absolute Gasteiger partial charge is 0.229 e. The first kappa shape index (κ1) is 27.3. The molecular formula is C31H40FN5O2. The number of rotatable bonds is 9. The molecule has 0 spiro atoms. The van der Waals surface area contributed by atoms with E-state index >= 15 is 0 Å². The van der Waals surface area contributed by atoms with Crippen molar-refractivity contribution in [1.29, 1.82) is 0 Å². The molecule has 0 saturated carbocycles. The number of ether oxygens (including phenoxy) is 2. The van der Waals surface area contributed by atoms with Gasteiger partial charge in [-0.2, -0.15) is 4.98 Å². The van der Waals surface area contributed by atoms with E-state index in [2.05, 4.69) is 70.1 Å². The molecule has 7 nitrogen and oxygen atoms in total. The highest BCUT2D eigenvalue weighted by molar-refractivity contribution is 5.56. The molecule has 3 heterocycles. The molecule has 5 rings (SSSR count). The first-order valence-electron chi connectivity index (χ1n) is 13.9. The number of piperidine rings is 1. The lowest BCUT2D eigenvalue weighted by Gasteiger charge is -2.39. The molecule has 0 radical (unpaired) electrons. The van der Waals surface area contributed by atoms with Crippen molar-refractivity contribution in [3.8, 4) is 5.75 Å². The summed E-state index contributed by atoms with van der Waals surface area (Å²) >= 11 is 0. The van der Waals surface area contributed by atoms with E-state index in [0.29, 0.717) is 36.9 Å². The van der Waals surface area contributed by atoms with Crippen molar-refractivity contribution in [1.82, 2.24) is 14.9 Å². The first-order chi connectivity index (χ1) is 18.8. The van der Waals surface area contributed by atoms with Gasteiger partial charge in [0, 0.05) is 38.5 Å². The summed E-state index contributed by atoms with van der Waals surface area (Å²) in [4.78, 5) is 13.4. The fourth-order valence-electron chi connectivity index (χ4n) is 5.61. The number of anilines is 3. The Morgan fingerprint density at radius 3 is 2.46 bits per heavy atom. The molecule has 1 N–H and O–H groups in total. The molecule has 2 saturated heterocycles. The number of nitrogens with zero attached hydrogens (tertiary/aromatic N) is 4. The van der Waals surface area contributed by atoms with E-state index in [1.807, 2.05) is 24.3 Å². The minimum atomic E-state index is -0.386. The summed E-state index contributed by atoms with van der Waals surface area (Å²) in [5.41, 5.74) is 3.64. The van der Waals surface area contributed by atoms with Crippen LogP contribution in [0.15, 0.2) is 54.7 Å². The zero-order chi connectivity index (χ0) is 27.4. The van der Waals surface area contributed by atoms with Crippen LogP contribution in [0.1, 0.15) is 44.7 Å². The third kappa shape index (κ3) is 6.68. The van der Waals surface area contributed by atoms with Gasteiger partial charge in [-0.1, -0.05) is 45.0 Å². The van der Waals surface area contributed by atoms with Crippen LogP contribution in [0.2, 0.25) is 0 Å². The highest BCUT2D eigenvalue weighted by atomic mass is 19.1. The number of fused-ring (bicyclic) bond motifs is 1. The standard InChI is InChI=1S/C31H40FN5O2/c1-31(2,3)24-7-5-22(6-8-24)20-36-15-13-23-14-16-37(21-28(23)36)29-27(32)19-33-30(35-29)34-25-9-11-26(12-10-25)39-18-17-38-4/h5-12,19,23,28H,13-18,20-21H2,1-4H3,(H,33,34,35). The van der Waals surface area contributed by atoms with E-state index in [-0.39, 0.29) is 11.2 Å². The highest BCUT2D eigenvalue weighted by Gasteiger charge is 2.39. The second-order valence-electron chi connectivity index (χ2n) is 11.6. The van der Waals surface area contributed by atoms with Crippen LogP contribution < -0.4 is 15.0 Å². The van der Waals surface area contributed by atoms with Crippen LogP contribution in [-0.2, 0) is 16.7 Å². The Balaban J connectivity index is 1.24. The molecule has 8 heteroatoms. The average molecular weight is 534 g/mol. The van der Waals surface area contributed by atoms with Gasteiger partial charge in [0.2, 0.25) is 5.95 Å². The lowest BCUT2D eigenvalue weighted by atomic mass is 9.86. The van der Waals surface area contributed by atoms with E-state index in [9.17, 15) is 4.39 Å². The SMILES string of the molecule is COCCOc1ccc(Nc2ncc(F)c(N3CCC4CCN(Cc5ccc(C(C)(C)C)cc5)C4C3)n2)cc1. The van der Waals surface area contributed by atoms with Gasteiger partial charge in [-0.3, -0.25) is 4.90 Å². The zero-order valence-corrected chi connectivity index (χ0v) is 23.5. The summed E-state index contributed by atoms with van der Waals surface area (Å²) < 4.78 is 25.6. The Morgan fingerprint density at radius 1 is 1.00 bits per heavy atom. The van der Waals surface area contributed by atoms with Crippen molar-refractivity contribution in [3.05, 3.63) is 71.7 Å². The number of aromatic nitrogens is 2. The molecule has 2 aliphatic heterocycles. The van der Waals surface area contributed by atoms with Crippen LogP contribution in [0.4, 0.5) is 21.8 Å². The van der Waals surface area contributed by atoms with Crippen molar-refractivity contribution in [2.75, 3.05) is 50.2 Å². The van der Waals surface area contributed by atoms with E-state index in [0.717, 1.165) is 44.0 Å². The maximum atomic E-state index is 15.0. The fraction of sp³-hybridized carbons (Fsp3) is 0.484. The quantitative estimate of drug-likeness (QED) is 0.350. The van der Waals surface area contributed by atoms with Crippen LogP contribution in [0.25, 0.3) is 0 Å². The molecule has 1 aromatic heterocycles. The number of halogens is 1. The lowest BCUT2D eigenvalue weighted by Crippen LogP contribution is -2.48. The Kier molecular flexibility index (Phi) is 8.33. The topological polar surface area (TPSA) is 62.8 Å². The summed E-state index contributed by atoms with van der Waals surface area (Å²) in [5, 5.41) is 3.20. The molecule has 3 aromatic rings. The molecular weight excluding hydrogens is 493 g/mol. The monoisotopic (exact) mass is 533 g/mol. The van der Waals surface area contributed by atoms with Gasteiger partial charge in [0.05, 0.1) is 12.8 Å². The van der Waals surface area contributed by atoms with E-state index in [1.54, 1.807) is 7.11 Å². The second kappa shape index (κ2) is 11.9. The zero-order valence-electron chi connectivity index (χ0n) is 23.5. The van der Waals surface area contributed by atoms with Crippen molar-refractivity contribution in [2.45, 2.75) is 51.6 Å². The van der Waals surface area contributed by atoms with Gasteiger partial charge in [-0.25, -0.2) is 9.37 Å². The number of methoxy groups -OCH3 is 1. The molecule has 2 aliphatic rings. The molecule has 39 heavy (non-hydrogen) atoms. The van der Waals surface area contributed by atoms with Gasteiger partial charge >= 0.3 is 0 Å². The summed E-state index contributed by atoms with van der Waals surface area (Å²) in [6, 6.07) is 16.9. The van der Waals surface area contributed by atoms with Crippen molar-refractivity contribution < 1.29 is 13.9 Å². The van der Waals surface area contributed by atoms with Gasteiger partial charge < -0.3 is 19.7 Å². The van der Waals surface area contributed by atoms with E-state index in [1.165, 1.54) is 23.7 Å². The fourth-order valence-corrected chi connectivity index (χ4v) is 5.61. The summed E-state index contributed by atoms with van der Waals surface area (Å²) in [7, 11) is 1.65. The Labute approximate surface area is 231 Å². The normalized spacial score (nSPS) is 19.7. The van der Waals surface area contributed by atoms with Gasteiger partial charge in [-0.05, 0) is 66.1 Å². The third-order valence-electron chi connectivity index (χ3n) is 7.87. The van der Waals surface area contributed by atoms with Crippen molar-refractivity contribution in [2.24, 2.45) is 5.92 Å². The average Bonchev–Trinajstić information content (AvgIpc) is 3.32. The van der Waals surface area contributed by atoms with Crippen molar-refractivity contribution in [3.63, 3.8) is 0 Å². The van der Waals surface area contributed by atoms with E-state index < -0.39 is 0 Å². The maximum Gasteiger partial charge on any atom is 0.229 e. The van der Waals surface area contributed by atoms with Gasteiger partial charge in [0.1, 0.15) is 12.4 Å². The van der Waals surface area contributed by atoms with Crippen LogP contribution in [-0.4, -0.2) is 60.9 Å². The van der Waals surface area contributed by atoms with Gasteiger partial charge in [0.15, 0.2) is 11.6 Å². The van der Waals surface area contributed by atoms with E-state index in [4.69, 9.17) is 9.47 Å². The van der Waals surface area contributed by atoms with Crippen LogP contribution in [0, 0.1) is 11.7 Å². The molecule has 2 unspecified atom stereocenters. The Hall–Kier alpha value is -3.23. The number of nitrogens with one attached hydrogen (secondary N) is 1. The molecule has 0 aliphatic carbocycles. The predicted octanol–water partition coefficient (Wildman–Crippen LogP) is 5.78. The van der Waals surface area contributed by atoms with Gasteiger partial charge in [0.25, 0.3) is 0 Å². The molecule has 2 atom stereocenters. The largest absolute Gasteiger partial charge is 0.491 e. The summed E-state index contributed by atoms with van der Waals surface area (Å²) in [6.45, 7) is 11.3. The predicted molar refractivity (Wildman–Crippen MR) is 153 cm³/mol. The third-order valence-corrected chi connectivity index (χ3v) is 7.87. The molecule has 2 aromatic carbocycles. The Bertz CT molecular complexity index is 1230. The summed E-state index contributed by atoms with van der Waals surface area (Å²) in [6.07, 6.45) is 3.51. The number of hydrogen-bond donors (Lipinski definition) is 1. The maximum absolute atomic E-state index is 15.0. The minimum Gasteiger partial charge on any atom is -0.491 e. The first-order valence-corrected chi connectivity index (χ1v) is 13.9. The Morgan fingerprint density at radius 2 is 1.74 bits per heavy atom. The van der Waals surface area contributed by atoms with Crippen LogP contribution >= 0.6 is 0 Å². The van der Waals surface area contributed by atoms with Crippen LogP contribution in [0.5, 0.6) is 5.75 Å².